The van der Waals surface area contributed by atoms with Gasteiger partial charge in [-0.25, -0.2) is 9.37 Å². The van der Waals surface area contributed by atoms with Crippen molar-refractivity contribution in [2.24, 2.45) is 7.05 Å². The van der Waals surface area contributed by atoms with Gasteiger partial charge in [0.15, 0.2) is 0 Å². The zero-order valence-corrected chi connectivity index (χ0v) is 11.9. The first-order chi connectivity index (χ1) is 9.69. The fraction of sp³-hybridized carbons (Fsp3) is 0.400. The Morgan fingerprint density at radius 3 is 2.90 bits per heavy atom. The third-order valence-electron chi connectivity index (χ3n) is 2.99. The molecule has 0 unspecified atom stereocenters. The Hall–Kier alpha value is -1.88. The highest BCUT2D eigenvalue weighted by Gasteiger charge is 2.04. The maximum Gasteiger partial charge on any atom is 0.130 e. The summed E-state index contributed by atoms with van der Waals surface area (Å²) >= 11 is 0. The quantitative estimate of drug-likeness (QED) is 0.791. The van der Waals surface area contributed by atoms with E-state index in [2.05, 4.69) is 17.2 Å². The number of benzene rings is 1. The summed E-state index contributed by atoms with van der Waals surface area (Å²) in [5, 5.41) is 3.25. The standard InChI is InChI=1S/C15H20FN3O/c1-3-4-17-8-12-5-13(16)7-15(6-12)20-10-14-9-18-11-19(14)2/h5-7,9,11,17H,3-4,8,10H2,1-2H3. The van der Waals surface area contributed by atoms with Crippen LogP contribution in [0.4, 0.5) is 4.39 Å². The summed E-state index contributed by atoms with van der Waals surface area (Å²) in [6.07, 6.45) is 4.51. The van der Waals surface area contributed by atoms with Crippen molar-refractivity contribution in [1.82, 2.24) is 14.9 Å². The van der Waals surface area contributed by atoms with Gasteiger partial charge in [-0.2, -0.15) is 0 Å². The van der Waals surface area contributed by atoms with Crippen molar-refractivity contribution in [3.05, 3.63) is 47.8 Å². The summed E-state index contributed by atoms with van der Waals surface area (Å²) in [6, 6.07) is 4.79. The van der Waals surface area contributed by atoms with Gasteiger partial charge in [-0.05, 0) is 30.7 Å². The second-order valence-electron chi connectivity index (χ2n) is 4.76. The second-order valence-corrected chi connectivity index (χ2v) is 4.76. The van der Waals surface area contributed by atoms with Crippen LogP contribution in [0, 0.1) is 5.82 Å². The van der Waals surface area contributed by atoms with Crippen LogP contribution in [0.15, 0.2) is 30.7 Å². The molecule has 2 aromatic rings. The van der Waals surface area contributed by atoms with Crippen LogP contribution in [0.25, 0.3) is 0 Å². The summed E-state index contributed by atoms with van der Waals surface area (Å²) in [4.78, 5) is 4.02. The predicted molar refractivity (Wildman–Crippen MR) is 75.9 cm³/mol. The molecule has 0 aliphatic heterocycles. The van der Waals surface area contributed by atoms with Crippen LogP contribution in [0.3, 0.4) is 0 Å². The third kappa shape index (κ3) is 4.06. The largest absolute Gasteiger partial charge is 0.487 e. The van der Waals surface area contributed by atoms with Gasteiger partial charge in [0.1, 0.15) is 18.2 Å². The van der Waals surface area contributed by atoms with Gasteiger partial charge in [0, 0.05) is 19.7 Å². The van der Waals surface area contributed by atoms with Gasteiger partial charge in [0.2, 0.25) is 0 Å². The molecular formula is C15H20FN3O. The molecule has 108 valence electrons. The Morgan fingerprint density at radius 2 is 2.20 bits per heavy atom. The number of imidazole rings is 1. The number of halogens is 1. The molecule has 0 saturated carbocycles. The Labute approximate surface area is 118 Å². The van der Waals surface area contributed by atoms with Gasteiger partial charge in [-0.1, -0.05) is 6.92 Å². The van der Waals surface area contributed by atoms with E-state index in [0.717, 1.165) is 24.2 Å². The highest BCUT2D eigenvalue weighted by atomic mass is 19.1. The van der Waals surface area contributed by atoms with Crippen LogP contribution in [-0.2, 0) is 20.2 Å². The summed E-state index contributed by atoms with van der Waals surface area (Å²) in [6.45, 7) is 4.04. The number of nitrogens with one attached hydrogen (secondary N) is 1. The van der Waals surface area contributed by atoms with E-state index in [0.29, 0.717) is 18.9 Å². The Morgan fingerprint density at radius 1 is 1.35 bits per heavy atom. The normalized spacial score (nSPS) is 10.8. The van der Waals surface area contributed by atoms with Crippen molar-refractivity contribution in [2.45, 2.75) is 26.5 Å². The monoisotopic (exact) mass is 277 g/mol. The first kappa shape index (κ1) is 14.5. The number of nitrogens with zero attached hydrogens (tertiary/aromatic N) is 2. The van der Waals surface area contributed by atoms with E-state index in [-0.39, 0.29) is 5.82 Å². The van der Waals surface area contributed by atoms with Crippen molar-refractivity contribution in [1.29, 1.82) is 0 Å². The molecule has 1 N–H and O–H groups in total. The molecule has 0 amide bonds. The van der Waals surface area contributed by atoms with E-state index in [1.807, 2.05) is 17.7 Å². The zero-order chi connectivity index (χ0) is 14.4. The molecule has 0 atom stereocenters. The summed E-state index contributed by atoms with van der Waals surface area (Å²) < 4.78 is 21.1. The van der Waals surface area contributed by atoms with Gasteiger partial charge in [0.25, 0.3) is 0 Å². The van der Waals surface area contributed by atoms with Crippen molar-refractivity contribution >= 4 is 0 Å². The topological polar surface area (TPSA) is 39.1 Å². The van der Waals surface area contributed by atoms with E-state index in [1.165, 1.54) is 12.1 Å². The molecule has 5 heteroatoms. The lowest BCUT2D eigenvalue weighted by Gasteiger charge is -2.09. The lowest BCUT2D eigenvalue weighted by atomic mass is 10.2. The lowest BCUT2D eigenvalue weighted by Crippen LogP contribution is -2.14. The van der Waals surface area contributed by atoms with E-state index >= 15 is 0 Å². The Balaban J connectivity index is 1.98. The summed E-state index contributed by atoms with van der Waals surface area (Å²) in [5.74, 6) is 0.264. The first-order valence-electron chi connectivity index (χ1n) is 6.77. The fourth-order valence-corrected chi connectivity index (χ4v) is 1.90. The molecule has 0 radical (unpaired) electrons. The molecule has 4 nitrogen and oxygen atoms in total. The Bertz CT molecular complexity index is 554. The SMILES string of the molecule is CCCNCc1cc(F)cc(OCc2cncn2C)c1. The maximum atomic E-state index is 13.6. The molecule has 0 fully saturated rings. The average molecular weight is 277 g/mol. The highest BCUT2D eigenvalue weighted by molar-refractivity contribution is 5.29. The minimum absolute atomic E-state index is 0.277. The van der Waals surface area contributed by atoms with Crippen molar-refractivity contribution in [3.63, 3.8) is 0 Å². The van der Waals surface area contributed by atoms with Gasteiger partial charge < -0.3 is 14.6 Å². The highest BCUT2D eigenvalue weighted by Crippen LogP contribution is 2.17. The molecule has 2 rings (SSSR count). The van der Waals surface area contributed by atoms with E-state index in [1.54, 1.807) is 12.5 Å². The molecule has 20 heavy (non-hydrogen) atoms. The first-order valence-corrected chi connectivity index (χ1v) is 6.77. The molecule has 0 spiro atoms. The number of hydrogen-bond donors (Lipinski definition) is 1. The van der Waals surface area contributed by atoms with Gasteiger partial charge >= 0.3 is 0 Å². The third-order valence-corrected chi connectivity index (χ3v) is 2.99. The van der Waals surface area contributed by atoms with Crippen LogP contribution in [-0.4, -0.2) is 16.1 Å². The minimum atomic E-state index is -0.277. The van der Waals surface area contributed by atoms with E-state index < -0.39 is 0 Å². The smallest absolute Gasteiger partial charge is 0.130 e. The van der Waals surface area contributed by atoms with Gasteiger partial charge in [-0.3, -0.25) is 0 Å². The van der Waals surface area contributed by atoms with Crippen LogP contribution in [0.5, 0.6) is 5.75 Å². The van der Waals surface area contributed by atoms with Crippen LogP contribution < -0.4 is 10.1 Å². The maximum absolute atomic E-state index is 13.6. The van der Waals surface area contributed by atoms with Crippen LogP contribution >= 0.6 is 0 Å². The average Bonchev–Trinajstić information content (AvgIpc) is 2.82. The predicted octanol–water partition coefficient (Wildman–Crippen LogP) is 2.64. The minimum Gasteiger partial charge on any atom is -0.487 e. The number of aryl methyl sites for hydroxylation is 1. The molecule has 0 bridgehead atoms. The van der Waals surface area contributed by atoms with Crippen LogP contribution in [0.1, 0.15) is 24.6 Å². The molecule has 0 aliphatic carbocycles. The van der Waals surface area contributed by atoms with E-state index in [4.69, 9.17) is 4.74 Å². The van der Waals surface area contributed by atoms with Gasteiger partial charge in [0.05, 0.1) is 18.2 Å². The van der Waals surface area contributed by atoms with E-state index in [9.17, 15) is 4.39 Å². The number of ether oxygens (including phenoxy) is 1. The second kappa shape index (κ2) is 7.05. The molecule has 1 aromatic carbocycles. The number of hydrogen-bond acceptors (Lipinski definition) is 3. The van der Waals surface area contributed by atoms with Crippen molar-refractivity contribution < 1.29 is 9.13 Å². The molecule has 0 saturated heterocycles. The molecule has 1 aromatic heterocycles. The molecule has 1 heterocycles. The molecule has 0 aliphatic rings. The fourth-order valence-electron chi connectivity index (χ4n) is 1.90. The Kier molecular flexibility index (Phi) is 5.12. The summed E-state index contributed by atoms with van der Waals surface area (Å²) in [7, 11) is 1.90. The lowest BCUT2D eigenvalue weighted by molar-refractivity contribution is 0.295. The number of rotatable bonds is 7. The summed E-state index contributed by atoms with van der Waals surface area (Å²) in [5.41, 5.74) is 1.83. The van der Waals surface area contributed by atoms with Crippen LogP contribution in [0.2, 0.25) is 0 Å². The van der Waals surface area contributed by atoms with Crippen molar-refractivity contribution in [2.75, 3.05) is 6.54 Å². The van der Waals surface area contributed by atoms with Crippen molar-refractivity contribution in [3.8, 4) is 5.75 Å². The number of aromatic nitrogens is 2. The van der Waals surface area contributed by atoms with Gasteiger partial charge in [-0.15, -0.1) is 0 Å². The molecular weight excluding hydrogens is 257 g/mol. The zero-order valence-electron chi connectivity index (χ0n) is 11.9.